The fraction of sp³-hybridized carbons (Fsp3) is 0.588. The van der Waals surface area contributed by atoms with E-state index in [9.17, 15) is 4.79 Å². The smallest absolute Gasteiger partial charge is 0.246 e. The molecule has 0 radical (unpaired) electrons. The fourth-order valence-electron chi connectivity index (χ4n) is 2.75. The zero-order chi connectivity index (χ0) is 15.2. The largest absolute Gasteiger partial charge is 0.491 e. The van der Waals surface area contributed by atoms with E-state index in [1.54, 1.807) is 7.05 Å². The molecular weight excluding hydrogens is 264 g/mol. The molecule has 2 N–H and O–H groups in total. The summed E-state index contributed by atoms with van der Waals surface area (Å²) in [6.07, 6.45) is 6.31. The Bertz CT molecular complexity index is 488. The van der Waals surface area contributed by atoms with Gasteiger partial charge in [-0.05, 0) is 32.9 Å². The summed E-state index contributed by atoms with van der Waals surface area (Å²) in [6.45, 7) is 4.32. The van der Waals surface area contributed by atoms with Gasteiger partial charge < -0.3 is 15.4 Å². The van der Waals surface area contributed by atoms with E-state index in [1.807, 2.05) is 18.2 Å². The van der Waals surface area contributed by atoms with Crippen LogP contribution in [0.3, 0.4) is 0 Å². The standard InChI is InChI=1S/C17H26N2O2/c1-4-5-6-7-8-12(2)21-13-9-10-14-15(11-13)19-17(20)16(14)18-3/h9-12,16,18H,4-8H2,1-3H3,(H,19,20). The lowest BCUT2D eigenvalue weighted by Crippen LogP contribution is -2.23. The van der Waals surface area contributed by atoms with E-state index in [4.69, 9.17) is 4.74 Å². The molecule has 2 rings (SSSR count). The molecule has 1 aromatic rings. The third-order valence-corrected chi connectivity index (χ3v) is 3.95. The lowest BCUT2D eigenvalue weighted by molar-refractivity contribution is -0.117. The monoisotopic (exact) mass is 290 g/mol. The van der Waals surface area contributed by atoms with Gasteiger partial charge >= 0.3 is 0 Å². The molecule has 21 heavy (non-hydrogen) atoms. The van der Waals surface area contributed by atoms with E-state index in [0.29, 0.717) is 0 Å². The number of fused-ring (bicyclic) bond motifs is 1. The van der Waals surface area contributed by atoms with Gasteiger partial charge in [-0.15, -0.1) is 0 Å². The van der Waals surface area contributed by atoms with Crippen molar-refractivity contribution in [2.75, 3.05) is 12.4 Å². The molecule has 2 atom stereocenters. The predicted octanol–water partition coefficient (Wildman–Crippen LogP) is 3.64. The summed E-state index contributed by atoms with van der Waals surface area (Å²) < 4.78 is 5.95. The molecule has 1 aliphatic heterocycles. The molecular formula is C17H26N2O2. The average molecular weight is 290 g/mol. The molecule has 0 spiro atoms. The minimum Gasteiger partial charge on any atom is -0.491 e. The number of anilines is 1. The first kappa shape index (κ1) is 15.8. The number of ether oxygens (including phenoxy) is 1. The zero-order valence-corrected chi connectivity index (χ0v) is 13.2. The van der Waals surface area contributed by atoms with Gasteiger partial charge in [0.2, 0.25) is 5.91 Å². The number of unbranched alkanes of at least 4 members (excludes halogenated alkanes) is 3. The number of likely N-dealkylation sites (N-methyl/N-ethyl adjacent to an activating group) is 1. The molecule has 0 aliphatic carbocycles. The highest BCUT2D eigenvalue weighted by atomic mass is 16.5. The molecule has 0 saturated carbocycles. The van der Waals surface area contributed by atoms with Crippen molar-refractivity contribution in [2.45, 2.75) is 58.1 Å². The van der Waals surface area contributed by atoms with Crippen molar-refractivity contribution in [3.63, 3.8) is 0 Å². The van der Waals surface area contributed by atoms with E-state index in [1.165, 1.54) is 25.7 Å². The molecule has 1 amide bonds. The minimum atomic E-state index is -0.250. The predicted molar refractivity (Wildman–Crippen MR) is 85.7 cm³/mol. The minimum absolute atomic E-state index is 0.00253. The van der Waals surface area contributed by atoms with E-state index in [2.05, 4.69) is 24.5 Å². The number of hydrogen-bond acceptors (Lipinski definition) is 3. The van der Waals surface area contributed by atoms with Gasteiger partial charge in [-0.1, -0.05) is 32.3 Å². The van der Waals surface area contributed by atoms with Gasteiger partial charge in [0.05, 0.1) is 6.10 Å². The van der Waals surface area contributed by atoms with Crippen LogP contribution < -0.4 is 15.4 Å². The highest BCUT2D eigenvalue weighted by Crippen LogP contribution is 2.33. The molecule has 2 unspecified atom stereocenters. The van der Waals surface area contributed by atoms with Crippen LogP contribution in [-0.2, 0) is 4.79 Å². The van der Waals surface area contributed by atoms with Gasteiger partial charge in [-0.2, -0.15) is 0 Å². The van der Waals surface area contributed by atoms with Crippen LogP contribution in [0, 0.1) is 0 Å². The summed E-state index contributed by atoms with van der Waals surface area (Å²) in [4.78, 5) is 11.8. The molecule has 1 aliphatic rings. The second-order valence-electron chi connectivity index (χ2n) is 5.74. The number of carbonyl (C=O) groups excluding carboxylic acids is 1. The van der Waals surface area contributed by atoms with Crippen molar-refractivity contribution in [1.82, 2.24) is 5.32 Å². The quantitative estimate of drug-likeness (QED) is 0.719. The Balaban J connectivity index is 1.91. The van der Waals surface area contributed by atoms with Crippen LogP contribution in [0.15, 0.2) is 18.2 Å². The maximum Gasteiger partial charge on any atom is 0.246 e. The molecule has 0 aromatic heterocycles. The number of carbonyl (C=O) groups is 1. The molecule has 0 bridgehead atoms. The van der Waals surface area contributed by atoms with Crippen molar-refractivity contribution in [2.24, 2.45) is 0 Å². The summed E-state index contributed by atoms with van der Waals surface area (Å²) in [5, 5.41) is 5.91. The van der Waals surface area contributed by atoms with Crippen molar-refractivity contribution in [3.8, 4) is 5.75 Å². The van der Waals surface area contributed by atoms with Crippen LogP contribution in [-0.4, -0.2) is 19.1 Å². The molecule has 4 heteroatoms. The van der Waals surface area contributed by atoms with Gasteiger partial charge in [0, 0.05) is 17.3 Å². The lowest BCUT2D eigenvalue weighted by atomic mass is 10.1. The van der Waals surface area contributed by atoms with Gasteiger partial charge in [-0.25, -0.2) is 0 Å². The van der Waals surface area contributed by atoms with Crippen molar-refractivity contribution in [1.29, 1.82) is 0 Å². The molecule has 1 aromatic carbocycles. The number of amides is 1. The van der Waals surface area contributed by atoms with Gasteiger partial charge in [0.25, 0.3) is 0 Å². The summed E-state index contributed by atoms with van der Waals surface area (Å²) in [5.74, 6) is 0.825. The Hall–Kier alpha value is -1.55. The normalized spacial score (nSPS) is 18.2. The summed E-state index contributed by atoms with van der Waals surface area (Å²) in [7, 11) is 1.79. The highest BCUT2D eigenvalue weighted by Gasteiger charge is 2.29. The van der Waals surface area contributed by atoms with Crippen LogP contribution >= 0.6 is 0 Å². The van der Waals surface area contributed by atoms with E-state index in [0.717, 1.165) is 23.4 Å². The van der Waals surface area contributed by atoms with Crippen LogP contribution in [0.5, 0.6) is 5.75 Å². The first-order valence-corrected chi connectivity index (χ1v) is 7.94. The third-order valence-electron chi connectivity index (χ3n) is 3.95. The fourth-order valence-corrected chi connectivity index (χ4v) is 2.75. The maximum absolute atomic E-state index is 11.8. The first-order chi connectivity index (χ1) is 10.2. The highest BCUT2D eigenvalue weighted by molar-refractivity contribution is 6.02. The Morgan fingerprint density at radius 1 is 1.33 bits per heavy atom. The first-order valence-electron chi connectivity index (χ1n) is 7.94. The SMILES string of the molecule is CCCCCCC(C)Oc1ccc2c(c1)NC(=O)C2NC. The van der Waals surface area contributed by atoms with Crippen LogP contribution in [0.2, 0.25) is 0 Å². The van der Waals surface area contributed by atoms with Crippen LogP contribution in [0.4, 0.5) is 5.69 Å². The molecule has 1 heterocycles. The zero-order valence-electron chi connectivity index (χ0n) is 13.2. The lowest BCUT2D eigenvalue weighted by Gasteiger charge is -2.15. The van der Waals surface area contributed by atoms with Crippen molar-refractivity contribution >= 4 is 11.6 Å². The number of hydrogen-bond donors (Lipinski definition) is 2. The number of benzene rings is 1. The summed E-state index contributed by atoms with van der Waals surface area (Å²) in [5.41, 5.74) is 1.85. The van der Waals surface area contributed by atoms with Gasteiger partial charge in [0.1, 0.15) is 11.8 Å². The van der Waals surface area contributed by atoms with E-state index in [-0.39, 0.29) is 18.1 Å². The van der Waals surface area contributed by atoms with E-state index < -0.39 is 0 Å². The molecule has 4 nitrogen and oxygen atoms in total. The van der Waals surface area contributed by atoms with Crippen LogP contribution in [0.1, 0.15) is 57.6 Å². The van der Waals surface area contributed by atoms with Gasteiger partial charge in [0.15, 0.2) is 0 Å². The van der Waals surface area contributed by atoms with Crippen LogP contribution in [0.25, 0.3) is 0 Å². The number of rotatable bonds is 8. The summed E-state index contributed by atoms with van der Waals surface area (Å²) in [6, 6.07) is 5.59. The second-order valence-corrected chi connectivity index (χ2v) is 5.74. The molecule has 0 fully saturated rings. The van der Waals surface area contributed by atoms with Gasteiger partial charge in [-0.3, -0.25) is 4.79 Å². The summed E-state index contributed by atoms with van der Waals surface area (Å²) >= 11 is 0. The Labute approximate surface area is 127 Å². The third kappa shape index (κ3) is 3.97. The van der Waals surface area contributed by atoms with Crippen molar-refractivity contribution in [3.05, 3.63) is 23.8 Å². The topological polar surface area (TPSA) is 50.4 Å². The Morgan fingerprint density at radius 2 is 2.14 bits per heavy atom. The Morgan fingerprint density at radius 3 is 2.86 bits per heavy atom. The Kier molecular flexibility index (Phi) is 5.62. The van der Waals surface area contributed by atoms with E-state index >= 15 is 0 Å². The maximum atomic E-state index is 11.8. The molecule has 116 valence electrons. The second kappa shape index (κ2) is 7.46. The number of nitrogens with one attached hydrogen (secondary N) is 2. The molecule has 0 saturated heterocycles. The average Bonchev–Trinajstić information content (AvgIpc) is 2.78. The van der Waals surface area contributed by atoms with Crippen molar-refractivity contribution < 1.29 is 9.53 Å².